The Labute approximate surface area is 148 Å². The van der Waals surface area contributed by atoms with Gasteiger partial charge in [-0.2, -0.15) is 0 Å². The zero-order chi connectivity index (χ0) is 17.5. The topological polar surface area (TPSA) is 61.4 Å². The molecule has 1 amide bonds. The number of piperazine rings is 1. The minimum Gasteiger partial charge on any atom is -0.368 e. The number of para-hydroxylation sites is 1. The Morgan fingerprint density at radius 2 is 1.88 bits per heavy atom. The molecule has 132 valence electrons. The van der Waals surface area contributed by atoms with Crippen molar-refractivity contribution in [1.29, 1.82) is 0 Å². The highest BCUT2D eigenvalue weighted by Crippen LogP contribution is 2.16. The van der Waals surface area contributed by atoms with Crippen LogP contribution in [0.3, 0.4) is 0 Å². The number of unbranched alkanes of at least 4 members (excludes halogenated alkanes) is 1. The van der Waals surface area contributed by atoms with Crippen LogP contribution in [-0.2, 0) is 0 Å². The second-order valence-corrected chi connectivity index (χ2v) is 6.16. The van der Waals surface area contributed by atoms with Crippen LogP contribution in [0.15, 0.2) is 42.6 Å². The summed E-state index contributed by atoms with van der Waals surface area (Å²) in [4.78, 5) is 25.5. The van der Waals surface area contributed by atoms with Gasteiger partial charge in [-0.15, -0.1) is 0 Å². The van der Waals surface area contributed by atoms with E-state index in [1.807, 2.05) is 23.1 Å². The molecular formula is C19H25N5O. The average Bonchev–Trinajstić information content (AvgIpc) is 2.69. The quantitative estimate of drug-likeness (QED) is 0.820. The van der Waals surface area contributed by atoms with Crippen molar-refractivity contribution in [3.63, 3.8) is 0 Å². The first-order valence-corrected chi connectivity index (χ1v) is 8.94. The molecule has 3 rings (SSSR count). The van der Waals surface area contributed by atoms with E-state index in [4.69, 9.17) is 0 Å². The third kappa shape index (κ3) is 4.47. The van der Waals surface area contributed by atoms with Crippen LogP contribution in [0.25, 0.3) is 0 Å². The Bertz CT molecular complexity index is 683. The molecule has 6 nitrogen and oxygen atoms in total. The third-order valence-corrected chi connectivity index (χ3v) is 4.38. The van der Waals surface area contributed by atoms with Gasteiger partial charge in [0.15, 0.2) is 0 Å². The lowest BCUT2D eigenvalue weighted by Gasteiger charge is -2.36. The molecular weight excluding hydrogens is 314 g/mol. The molecule has 0 saturated carbocycles. The fourth-order valence-electron chi connectivity index (χ4n) is 2.91. The van der Waals surface area contributed by atoms with E-state index in [1.165, 1.54) is 5.69 Å². The number of hydrogen-bond donors (Lipinski definition) is 1. The fraction of sp³-hybridized carbons (Fsp3) is 0.421. The van der Waals surface area contributed by atoms with Gasteiger partial charge in [-0.1, -0.05) is 31.5 Å². The van der Waals surface area contributed by atoms with E-state index in [2.05, 4.69) is 39.2 Å². The Morgan fingerprint density at radius 3 is 2.60 bits per heavy atom. The van der Waals surface area contributed by atoms with Crippen LogP contribution in [0, 0.1) is 0 Å². The highest BCUT2D eigenvalue weighted by Gasteiger charge is 2.23. The highest BCUT2D eigenvalue weighted by atomic mass is 16.2. The maximum Gasteiger partial charge on any atom is 0.272 e. The monoisotopic (exact) mass is 339 g/mol. The Hall–Kier alpha value is -2.63. The van der Waals surface area contributed by atoms with E-state index in [9.17, 15) is 4.79 Å². The molecule has 1 aliphatic heterocycles. The maximum atomic E-state index is 12.7. The summed E-state index contributed by atoms with van der Waals surface area (Å²) >= 11 is 0. The van der Waals surface area contributed by atoms with Gasteiger partial charge in [0, 0.05) is 44.6 Å². The van der Waals surface area contributed by atoms with Crippen LogP contribution in [-0.4, -0.2) is 53.5 Å². The summed E-state index contributed by atoms with van der Waals surface area (Å²) in [6.45, 7) is 6.04. The average molecular weight is 339 g/mol. The molecule has 0 bridgehead atoms. The van der Waals surface area contributed by atoms with Crippen molar-refractivity contribution in [3.05, 3.63) is 48.3 Å². The Balaban J connectivity index is 1.58. The summed E-state index contributed by atoms with van der Waals surface area (Å²) in [7, 11) is 0. The van der Waals surface area contributed by atoms with Crippen LogP contribution >= 0.6 is 0 Å². The molecule has 0 unspecified atom stereocenters. The van der Waals surface area contributed by atoms with E-state index in [0.717, 1.165) is 32.5 Å². The van der Waals surface area contributed by atoms with E-state index in [-0.39, 0.29) is 5.91 Å². The molecule has 1 saturated heterocycles. The summed E-state index contributed by atoms with van der Waals surface area (Å²) in [6, 6.07) is 12.0. The van der Waals surface area contributed by atoms with Gasteiger partial charge in [-0.25, -0.2) is 9.97 Å². The SMILES string of the molecule is CCCCNc1nccc(C(=O)N2CCN(c3ccccc3)CC2)n1. The predicted molar refractivity (Wildman–Crippen MR) is 100.0 cm³/mol. The molecule has 0 spiro atoms. The van der Waals surface area contributed by atoms with Crippen molar-refractivity contribution in [2.75, 3.05) is 42.9 Å². The Morgan fingerprint density at radius 1 is 1.12 bits per heavy atom. The number of aromatic nitrogens is 2. The first-order valence-electron chi connectivity index (χ1n) is 8.94. The van der Waals surface area contributed by atoms with Gasteiger partial charge < -0.3 is 15.1 Å². The van der Waals surface area contributed by atoms with E-state index in [1.54, 1.807) is 12.3 Å². The van der Waals surface area contributed by atoms with Gasteiger partial charge in [-0.3, -0.25) is 4.79 Å². The normalized spacial score (nSPS) is 14.4. The standard InChI is InChI=1S/C19H25N5O/c1-2-3-10-20-19-21-11-9-17(22-19)18(25)24-14-12-23(13-15-24)16-7-5-4-6-8-16/h4-9,11H,2-3,10,12-15H2,1H3,(H,20,21,22). The van der Waals surface area contributed by atoms with E-state index >= 15 is 0 Å². The van der Waals surface area contributed by atoms with Gasteiger partial charge >= 0.3 is 0 Å². The molecule has 25 heavy (non-hydrogen) atoms. The molecule has 1 aromatic heterocycles. The molecule has 0 radical (unpaired) electrons. The minimum absolute atomic E-state index is 0.0198. The van der Waals surface area contributed by atoms with Crippen LogP contribution in [0.1, 0.15) is 30.3 Å². The predicted octanol–water partition coefficient (Wildman–Crippen LogP) is 2.65. The van der Waals surface area contributed by atoms with Crippen molar-refractivity contribution in [2.24, 2.45) is 0 Å². The van der Waals surface area contributed by atoms with E-state index in [0.29, 0.717) is 24.7 Å². The first kappa shape index (κ1) is 17.2. The lowest BCUT2D eigenvalue weighted by Crippen LogP contribution is -2.49. The van der Waals surface area contributed by atoms with Gasteiger partial charge in [0.05, 0.1) is 0 Å². The number of benzene rings is 1. The van der Waals surface area contributed by atoms with Crippen molar-refractivity contribution >= 4 is 17.5 Å². The van der Waals surface area contributed by atoms with Crippen molar-refractivity contribution < 1.29 is 4.79 Å². The van der Waals surface area contributed by atoms with Crippen LogP contribution in [0.4, 0.5) is 11.6 Å². The van der Waals surface area contributed by atoms with Crippen molar-refractivity contribution in [2.45, 2.75) is 19.8 Å². The molecule has 1 aromatic carbocycles. The summed E-state index contributed by atoms with van der Waals surface area (Å²) in [6.07, 6.45) is 3.81. The van der Waals surface area contributed by atoms with Crippen LogP contribution in [0.2, 0.25) is 0 Å². The molecule has 1 N–H and O–H groups in total. The number of amides is 1. The summed E-state index contributed by atoms with van der Waals surface area (Å²) in [5, 5.41) is 3.17. The Kier molecular flexibility index (Phi) is 5.82. The summed E-state index contributed by atoms with van der Waals surface area (Å²) in [5.41, 5.74) is 1.67. The van der Waals surface area contributed by atoms with Crippen molar-refractivity contribution in [1.82, 2.24) is 14.9 Å². The number of nitrogens with zero attached hydrogens (tertiary/aromatic N) is 4. The first-order chi connectivity index (χ1) is 12.3. The van der Waals surface area contributed by atoms with Crippen molar-refractivity contribution in [3.8, 4) is 0 Å². The summed E-state index contributed by atoms with van der Waals surface area (Å²) in [5.74, 6) is 0.510. The number of carbonyl (C=O) groups is 1. The second kappa shape index (κ2) is 8.46. The molecule has 6 heteroatoms. The fourth-order valence-corrected chi connectivity index (χ4v) is 2.91. The number of nitrogens with one attached hydrogen (secondary N) is 1. The van der Waals surface area contributed by atoms with Gasteiger partial charge in [0.1, 0.15) is 5.69 Å². The molecule has 1 fully saturated rings. The smallest absolute Gasteiger partial charge is 0.272 e. The lowest BCUT2D eigenvalue weighted by molar-refractivity contribution is 0.0741. The lowest BCUT2D eigenvalue weighted by atomic mass is 10.2. The zero-order valence-corrected chi connectivity index (χ0v) is 14.7. The molecule has 0 aliphatic carbocycles. The van der Waals surface area contributed by atoms with Gasteiger partial charge in [0.2, 0.25) is 5.95 Å². The molecule has 2 heterocycles. The van der Waals surface area contributed by atoms with Crippen LogP contribution in [0.5, 0.6) is 0 Å². The zero-order valence-electron chi connectivity index (χ0n) is 14.7. The largest absolute Gasteiger partial charge is 0.368 e. The van der Waals surface area contributed by atoms with Gasteiger partial charge in [0.25, 0.3) is 5.91 Å². The number of anilines is 2. The molecule has 1 aliphatic rings. The second-order valence-electron chi connectivity index (χ2n) is 6.16. The number of carbonyl (C=O) groups excluding carboxylic acids is 1. The maximum absolute atomic E-state index is 12.7. The summed E-state index contributed by atoms with van der Waals surface area (Å²) < 4.78 is 0. The third-order valence-electron chi connectivity index (χ3n) is 4.38. The number of hydrogen-bond acceptors (Lipinski definition) is 5. The minimum atomic E-state index is -0.0198. The molecule has 2 aromatic rings. The van der Waals surface area contributed by atoms with E-state index < -0.39 is 0 Å². The molecule has 0 atom stereocenters. The number of rotatable bonds is 6. The van der Waals surface area contributed by atoms with Gasteiger partial charge in [-0.05, 0) is 24.6 Å². The van der Waals surface area contributed by atoms with Crippen LogP contribution < -0.4 is 10.2 Å². The highest BCUT2D eigenvalue weighted by molar-refractivity contribution is 5.92.